The van der Waals surface area contributed by atoms with Crippen LogP contribution >= 0.6 is 0 Å². The van der Waals surface area contributed by atoms with Crippen LogP contribution in [0.15, 0.2) is 10.5 Å². The van der Waals surface area contributed by atoms with Crippen LogP contribution in [-0.2, 0) is 6.18 Å². The second kappa shape index (κ2) is 3.18. The SMILES string of the molecule is CC(=O)c1cc(C#N)oc1C(F)(F)F. The molecule has 6 heteroatoms. The standard InChI is InChI=1S/C8H4F3NO2/c1-4(13)6-2-5(3-12)14-7(6)8(9,10)11/h2H,1H3. The van der Waals surface area contributed by atoms with E-state index in [1.807, 2.05) is 0 Å². The number of furan rings is 1. The first kappa shape index (κ1) is 10.3. The summed E-state index contributed by atoms with van der Waals surface area (Å²) in [7, 11) is 0. The van der Waals surface area contributed by atoms with Gasteiger partial charge in [-0.1, -0.05) is 0 Å². The third-order valence-electron chi connectivity index (χ3n) is 1.48. The highest BCUT2D eigenvalue weighted by Crippen LogP contribution is 2.34. The molecule has 0 amide bonds. The second-order valence-corrected chi connectivity index (χ2v) is 2.52. The van der Waals surface area contributed by atoms with Crippen molar-refractivity contribution in [3.8, 4) is 6.07 Å². The number of halogens is 3. The van der Waals surface area contributed by atoms with Crippen molar-refractivity contribution >= 4 is 5.78 Å². The van der Waals surface area contributed by atoms with Gasteiger partial charge < -0.3 is 4.42 Å². The minimum atomic E-state index is -4.75. The highest BCUT2D eigenvalue weighted by molar-refractivity contribution is 5.95. The molecule has 0 spiro atoms. The first-order chi connectivity index (χ1) is 6.36. The Kier molecular flexibility index (Phi) is 2.34. The average Bonchev–Trinajstić information content (AvgIpc) is 2.46. The molecule has 1 aromatic rings. The van der Waals surface area contributed by atoms with Gasteiger partial charge >= 0.3 is 6.18 Å². The molecule has 0 saturated heterocycles. The molecular formula is C8H4F3NO2. The molecular weight excluding hydrogens is 199 g/mol. The Morgan fingerprint density at radius 3 is 2.43 bits per heavy atom. The fourth-order valence-electron chi connectivity index (χ4n) is 0.918. The molecule has 0 aromatic carbocycles. The summed E-state index contributed by atoms with van der Waals surface area (Å²) in [5.41, 5.74) is -0.617. The lowest BCUT2D eigenvalue weighted by molar-refractivity contribution is -0.153. The quantitative estimate of drug-likeness (QED) is 0.658. The molecule has 3 nitrogen and oxygen atoms in total. The zero-order chi connectivity index (χ0) is 10.9. The highest BCUT2D eigenvalue weighted by atomic mass is 19.4. The lowest BCUT2D eigenvalue weighted by Gasteiger charge is -2.02. The second-order valence-electron chi connectivity index (χ2n) is 2.52. The molecule has 1 rings (SSSR count). The summed E-state index contributed by atoms with van der Waals surface area (Å²) in [5, 5.41) is 8.30. The topological polar surface area (TPSA) is 54.0 Å². The molecule has 0 N–H and O–H groups in total. The van der Waals surface area contributed by atoms with Crippen molar-refractivity contribution in [3.63, 3.8) is 0 Å². The van der Waals surface area contributed by atoms with Gasteiger partial charge in [0.25, 0.3) is 0 Å². The molecule has 0 unspecified atom stereocenters. The van der Waals surface area contributed by atoms with Gasteiger partial charge in [-0.3, -0.25) is 4.79 Å². The Morgan fingerprint density at radius 2 is 2.14 bits per heavy atom. The first-order valence-electron chi connectivity index (χ1n) is 3.48. The van der Waals surface area contributed by atoms with Crippen molar-refractivity contribution in [1.29, 1.82) is 5.26 Å². The molecule has 1 aromatic heterocycles. The van der Waals surface area contributed by atoms with Crippen LogP contribution in [0.25, 0.3) is 0 Å². The number of carbonyl (C=O) groups is 1. The van der Waals surface area contributed by atoms with Crippen molar-refractivity contribution in [2.24, 2.45) is 0 Å². The predicted molar refractivity (Wildman–Crippen MR) is 38.4 cm³/mol. The maximum Gasteiger partial charge on any atom is 0.450 e. The number of hydrogen-bond donors (Lipinski definition) is 0. The van der Waals surface area contributed by atoms with E-state index < -0.39 is 29.0 Å². The van der Waals surface area contributed by atoms with Gasteiger partial charge in [-0.15, -0.1) is 0 Å². The summed E-state index contributed by atoms with van der Waals surface area (Å²) in [5.74, 6) is -2.73. The number of hydrogen-bond acceptors (Lipinski definition) is 3. The molecule has 1 heterocycles. The van der Waals surface area contributed by atoms with Crippen molar-refractivity contribution in [1.82, 2.24) is 0 Å². The van der Waals surface area contributed by atoms with E-state index >= 15 is 0 Å². The van der Waals surface area contributed by atoms with Crippen LogP contribution in [0.3, 0.4) is 0 Å². The summed E-state index contributed by atoms with van der Waals surface area (Å²) < 4.78 is 40.8. The zero-order valence-electron chi connectivity index (χ0n) is 6.97. The Labute approximate surface area is 76.7 Å². The normalized spacial score (nSPS) is 11.1. The Morgan fingerprint density at radius 1 is 1.57 bits per heavy atom. The Balaban J connectivity index is 3.36. The fourth-order valence-corrected chi connectivity index (χ4v) is 0.918. The number of ketones is 1. The van der Waals surface area contributed by atoms with Crippen LogP contribution < -0.4 is 0 Å². The van der Waals surface area contributed by atoms with Gasteiger partial charge in [-0.25, -0.2) is 0 Å². The van der Waals surface area contributed by atoms with Crippen molar-refractivity contribution in [2.75, 3.05) is 0 Å². The van der Waals surface area contributed by atoms with E-state index in [4.69, 9.17) is 5.26 Å². The Bertz CT molecular complexity index is 411. The molecule has 0 aliphatic rings. The van der Waals surface area contributed by atoms with Crippen LogP contribution in [-0.4, -0.2) is 5.78 Å². The number of rotatable bonds is 1. The zero-order valence-corrected chi connectivity index (χ0v) is 6.97. The van der Waals surface area contributed by atoms with Crippen molar-refractivity contribution in [2.45, 2.75) is 13.1 Å². The van der Waals surface area contributed by atoms with E-state index in [1.165, 1.54) is 6.07 Å². The van der Waals surface area contributed by atoms with E-state index in [0.29, 0.717) is 0 Å². The third kappa shape index (κ3) is 1.76. The van der Waals surface area contributed by atoms with E-state index in [9.17, 15) is 18.0 Å². The van der Waals surface area contributed by atoms with Crippen LogP contribution in [0.5, 0.6) is 0 Å². The number of Topliss-reactive ketones (excluding diaryl/α,β-unsaturated/α-hetero) is 1. The van der Waals surface area contributed by atoms with Crippen LogP contribution in [0.4, 0.5) is 13.2 Å². The largest absolute Gasteiger partial charge is 0.450 e. The van der Waals surface area contributed by atoms with E-state index in [1.54, 1.807) is 0 Å². The van der Waals surface area contributed by atoms with Gasteiger partial charge in [0.05, 0.1) is 5.56 Å². The monoisotopic (exact) mass is 203 g/mol. The summed E-state index contributed by atoms with van der Waals surface area (Å²) in [6.45, 7) is 0.973. The number of alkyl halides is 3. The molecule has 0 aliphatic carbocycles. The van der Waals surface area contributed by atoms with Crippen LogP contribution in [0, 0.1) is 11.3 Å². The van der Waals surface area contributed by atoms with Gasteiger partial charge in [-0.05, 0) is 6.92 Å². The number of nitriles is 1. The summed E-state index contributed by atoms with van der Waals surface area (Å²) in [6.07, 6.45) is -4.75. The molecule has 0 radical (unpaired) electrons. The van der Waals surface area contributed by atoms with Crippen molar-refractivity contribution < 1.29 is 22.4 Å². The minimum Gasteiger partial charge on any atom is -0.440 e. The van der Waals surface area contributed by atoms with Gasteiger partial charge in [0.2, 0.25) is 11.5 Å². The maximum absolute atomic E-state index is 12.2. The smallest absolute Gasteiger partial charge is 0.440 e. The van der Waals surface area contributed by atoms with Gasteiger partial charge in [0.15, 0.2) is 5.78 Å². The number of carbonyl (C=O) groups excluding carboxylic acids is 1. The molecule has 74 valence electrons. The maximum atomic E-state index is 12.2. The first-order valence-corrected chi connectivity index (χ1v) is 3.48. The lowest BCUT2D eigenvalue weighted by atomic mass is 10.1. The molecule has 0 bridgehead atoms. The molecule has 0 saturated carbocycles. The summed E-state index contributed by atoms with van der Waals surface area (Å²) in [4.78, 5) is 10.8. The van der Waals surface area contributed by atoms with Gasteiger partial charge in [0, 0.05) is 6.07 Å². The van der Waals surface area contributed by atoms with E-state index in [-0.39, 0.29) is 0 Å². The summed E-state index contributed by atoms with van der Waals surface area (Å²) >= 11 is 0. The summed E-state index contributed by atoms with van der Waals surface area (Å²) in [6, 6.07) is 2.18. The lowest BCUT2D eigenvalue weighted by Crippen LogP contribution is -2.08. The van der Waals surface area contributed by atoms with E-state index in [0.717, 1.165) is 13.0 Å². The van der Waals surface area contributed by atoms with Crippen LogP contribution in [0.2, 0.25) is 0 Å². The van der Waals surface area contributed by atoms with Crippen molar-refractivity contribution in [3.05, 3.63) is 23.2 Å². The Hall–Kier alpha value is -1.77. The third-order valence-corrected chi connectivity index (χ3v) is 1.48. The highest BCUT2D eigenvalue weighted by Gasteiger charge is 2.39. The molecule has 14 heavy (non-hydrogen) atoms. The predicted octanol–water partition coefficient (Wildman–Crippen LogP) is 2.37. The van der Waals surface area contributed by atoms with Gasteiger partial charge in [-0.2, -0.15) is 18.4 Å². The van der Waals surface area contributed by atoms with Crippen LogP contribution in [0.1, 0.15) is 28.8 Å². The molecule has 0 atom stereocenters. The fraction of sp³-hybridized carbons (Fsp3) is 0.250. The molecule has 0 fully saturated rings. The van der Waals surface area contributed by atoms with Gasteiger partial charge in [0.1, 0.15) is 6.07 Å². The minimum absolute atomic E-state index is 0.525. The number of nitrogens with zero attached hydrogens (tertiary/aromatic N) is 1. The molecule has 0 aliphatic heterocycles. The average molecular weight is 203 g/mol. The van der Waals surface area contributed by atoms with E-state index in [2.05, 4.69) is 4.42 Å².